The summed E-state index contributed by atoms with van der Waals surface area (Å²) in [6.45, 7) is 2.68. The summed E-state index contributed by atoms with van der Waals surface area (Å²) in [5, 5.41) is 25.8. The first kappa shape index (κ1) is 19.4. The fourth-order valence-corrected chi connectivity index (χ4v) is 1.69. The van der Waals surface area contributed by atoms with Crippen LogP contribution in [0.25, 0.3) is 0 Å². The van der Waals surface area contributed by atoms with Crippen LogP contribution in [0.15, 0.2) is 0 Å². The van der Waals surface area contributed by atoms with Gasteiger partial charge in [0.15, 0.2) is 0 Å². The maximum atomic E-state index is 8.61. The number of unbranched alkanes of at least 4 members (excludes halogenated alkanes) is 2. The molecular weight excluding hydrogens is 270 g/mol. The van der Waals surface area contributed by atoms with E-state index in [2.05, 4.69) is 6.92 Å². The summed E-state index contributed by atoms with van der Waals surface area (Å²) >= 11 is 0. The molecule has 6 nitrogen and oxygen atoms in total. The van der Waals surface area contributed by atoms with Crippen molar-refractivity contribution in [3.05, 3.63) is 0 Å². The van der Waals surface area contributed by atoms with Gasteiger partial charge in [-0.15, -0.1) is 0 Å². The van der Waals surface area contributed by atoms with Crippen molar-refractivity contribution in [3.8, 4) is 18.2 Å². The Hall–Kier alpha value is -1.65. The quantitative estimate of drug-likeness (QED) is 0.382. The maximum Gasteiger partial charge on any atom is 0.282 e. The Kier molecular flexibility index (Phi) is 12.3. The van der Waals surface area contributed by atoms with Gasteiger partial charge in [-0.1, -0.05) is 19.8 Å². The van der Waals surface area contributed by atoms with Gasteiger partial charge < -0.3 is 14.2 Å². The minimum Gasteiger partial charge on any atom is -0.326 e. The highest BCUT2D eigenvalue weighted by molar-refractivity contribution is 4.72. The van der Waals surface area contributed by atoms with Gasteiger partial charge in [0.05, 0.1) is 57.3 Å². The van der Waals surface area contributed by atoms with Gasteiger partial charge in [-0.2, -0.15) is 15.8 Å². The lowest BCUT2D eigenvalue weighted by molar-refractivity contribution is -0.382. The van der Waals surface area contributed by atoms with Gasteiger partial charge in [0.25, 0.3) is 5.97 Å². The van der Waals surface area contributed by atoms with Gasteiger partial charge in [0, 0.05) is 6.42 Å². The molecule has 0 spiro atoms. The minimum atomic E-state index is -1.25. The zero-order valence-electron chi connectivity index (χ0n) is 12.6. The minimum absolute atomic E-state index is 0.196. The van der Waals surface area contributed by atoms with Crippen LogP contribution >= 0.6 is 0 Å². The van der Waals surface area contributed by atoms with Gasteiger partial charge in [0.1, 0.15) is 0 Å². The molecule has 0 fully saturated rings. The van der Waals surface area contributed by atoms with E-state index in [1.807, 2.05) is 18.2 Å². The molecule has 0 rings (SSSR count). The van der Waals surface area contributed by atoms with Crippen LogP contribution in [0.1, 0.15) is 51.9 Å². The molecule has 6 heteroatoms. The summed E-state index contributed by atoms with van der Waals surface area (Å²) in [7, 11) is 0. The Morgan fingerprint density at radius 3 is 1.52 bits per heavy atom. The van der Waals surface area contributed by atoms with Crippen LogP contribution in [-0.4, -0.2) is 25.8 Å². The van der Waals surface area contributed by atoms with E-state index in [-0.39, 0.29) is 39.1 Å². The van der Waals surface area contributed by atoms with Crippen molar-refractivity contribution in [1.29, 1.82) is 15.8 Å². The van der Waals surface area contributed by atoms with Gasteiger partial charge >= 0.3 is 0 Å². The van der Waals surface area contributed by atoms with E-state index in [1.165, 1.54) is 0 Å². The molecule has 0 atom stereocenters. The summed E-state index contributed by atoms with van der Waals surface area (Å²) in [6.07, 6.45) is 4.12. The maximum absolute atomic E-state index is 8.61. The molecule has 116 valence electrons. The summed E-state index contributed by atoms with van der Waals surface area (Å²) in [4.78, 5) is 0. The van der Waals surface area contributed by atoms with Gasteiger partial charge in [-0.3, -0.25) is 0 Å². The molecule has 0 bridgehead atoms. The summed E-state index contributed by atoms with van der Waals surface area (Å²) in [5.41, 5.74) is 0. The van der Waals surface area contributed by atoms with Crippen LogP contribution in [-0.2, 0) is 14.2 Å². The van der Waals surface area contributed by atoms with E-state index in [9.17, 15) is 0 Å². The van der Waals surface area contributed by atoms with Crippen molar-refractivity contribution in [2.24, 2.45) is 0 Å². The number of nitriles is 3. The third kappa shape index (κ3) is 9.82. The molecule has 0 unspecified atom stereocenters. The SMILES string of the molecule is CCCCCC(OCCC#N)(OCCC#N)OCCC#N. The van der Waals surface area contributed by atoms with Crippen LogP contribution < -0.4 is 0 Å². The highest BCUT2D eigenvalue weighted by Crippen LogP contribution is 2.24. The predicted molar refractivity (Wildman–Crippen MR) is 75.4 cm³/mol. The number of nitrogens with zero attached hydrogens (tertiary/aromatic N) is 3. The molecule has 21 heavy (non-hydrogen) atoms. The zero-order valence-corrected chi connectivity index (χ0v) is 12.6. The van der Waals surface area contributed by atoms with E-state index in [0.717, 1.165) is 19.3 Å². The molecule has 0 aromatic heterocycles. The van der Waals surface area contributed by atoms with Crippen LogP contribution in [0, 0.1) is 34.0 Å². The summed E-state index contributed by atoms with van der Waals surface area (Å²) in [6, 6.07) is 6.00. The highest BCUT2D eigenvalue weighted by Gasteiger charge is 2.33. The van der Waals surface area contributed by atoms with E-state index >= 15 is 0 Å². The number of ether oxygens (including phenoxy) is 3. The van der Waals surface area contributed by atoms with Crippen LogP contribution in [0.4, 0.5) is 0 Å². The molecule has 0 aliphatic rings. The predicted octanol–water partition coefficient (Wildman–Crippen LogP) is 3.01. The topological polar surface area (TPSA) is 99.1 Å². The van der Waals surface area contributed by atoms with Crippen molar-refractivity contribution < 1.29 is 14.2 Å². The molecule has 0 aromatic carbocycles. The molecule has 0 aliphatic carbocycles. The third-order valence-corrected chi connectivity index (χ3v) is 2.69. The lowest BCUT2D eigenvalue weighted by atomic mass is 10.2. The first-order chi connectivity index (χ1) is 10.2. The monoisotopic (exact) mass is 293 g/mol. The average molecular weight is 293 g/mol. The van der Waals surface area contributed by atoms with Gasteiger partial charge in [-0.25, -0.2) is 0 Å². The number of hydrogen-bond acceptors (Lipinski definition) is 6. The fraction of sp³-hybridized carbons (Fsp3) is 0.800. The van der Waals surface area contributed by atoms with E-state index in [4.69, 9.17) is 30.0 Å². The molecular formula is C15H23N3O3. The van der Waals surface area contributed by atoms with Crippen LogP contribution in [0.3, 0.4) is 0 Å². The fourth-order valence-electron chi connectivity index (χ4n) is 1.69. The average Bonchev–Trinajstić information content (AvgIpc) is 2.48. The zero-order chi connectivity index (χ0) is 15.8. The smallest absolute Gasteiger partial charge is 0.282 e. The third-order valence-electron chi connectivity index (χ3n) is 2.69. The normalized spacial score (nSPS) is 10.6. The largest absolute Gasteiger partial charge is 0.326 e. The Balaban J connectivity index is 4.66. The Morgan fingerprint density at radius 2 is 1.19 bits per heavy atom. The Morgan fingerprint density at radius 1 is 0.762 bits per heavy atom. The van der Waals surface area contributed by atoms with Crippen LogP contribution in [0.2, 0.25) is 0 Å². The van der Waals surface area contributed by atoms with Gasteiger partial charge in [0.2, 0.25) is 0 Å². The van der Waals surface area contributed by atoms with Gasteiger partial charge in [-0.05, 0) is 6.42 Å². The molecule has 0 saturated heterocycles. The Bertz CT molecular complexity index is 329. The second-order valence-electron chi connectivity index (χ2n) is 4.41. The molecule has 0 aliphatic heterocycles. The van der Waals surface area contributed by atoms with Crippen molar-refractivity contribution in [2.75, 3.05) is 19.8 Å². The first-order valence-corrected chi connectivity index (χ1v) is 7.27. The second kappa shape index (κ2) is 13.3. The van der Waals surface area contributed by atoms with Crippen molar-refractivity contribution in [2.45, 2.75) is 57.8 Å². The van der Waals surface area contributed by atoms with E-state index in [1.54, 1.807) is 0 Å². The van der Waals surface area contributed by atoms with E-state index < -0.39 is 5.97 Å². The molecule has 0 heterocycles. The standard InChI is InChI=1S/C15H23N3O3/c1-2-3-4-8-15(19-12-5-9-16,20-13-6-10-17)21-14-7-11-18/h2-8,12-14H2,1H3. The number of hydrogen-bond donors (Lipinski definition) is 0. The van der Waals surface area contributed by atoms with Crippen molar-refractivity contribution >= 4 is 0 Å². The summed E-state index contributed by atoms with van der Waals surface area (Å²) in [5.74, 6) is -1.25. The second-order valence-corrected chi connectivity index (χ2v) is 4.41. The molecule has 0 aromatic rings. The molecule has 0 amide bonds. The highest BCUT2D eigenvalue weighted by atomic mass is 16.9. The van der Waals surface area contributed by atoms with Crippen LogP contribution in [0.5, 0.6) is 0 Å². The molecule has 0 radical (unpaired) electrons. The summed E-state index contributed by atoms with van der Waals surface area (Å²) < 4.78 is 16.9. The Labute approximate surface area is 126 Å². The molecule has 0 N–H and O–H groups in total. The first-order valence-electron chi connectivity index (χ1n) is 7.27. The van der Waals surface area contributed by atoms with E-state index in [0.29, 0.717) is 6.42 Å². The van der Waals surface area contributed by atoms with Crippen molar-refractivity contribution in [3.63, 3.8) is 0 Å². The lowest BCUT2D eigenvalue weighted by Crippen LogP contribution is -2.40. The number of rotatable bonds is 13. The molecule has 0 saturated carbocycles. The van der Waals surface area contributed by atoms with Crippen molar-refractivity contribution in [1.82, 2.24) is 0 Å². The lowest BCUT2D eigenvalue weighted by Gasteiger charge is -2.33.